The fourth-order valence-electron chi connectivity index (χ4n) is 11.4. The van der Waals surface area contributed by atoms with Crippen molar-refractivity contribution in [2.45, 2.75) is 392 Å². The lowest BCUT2D eigenvalue weighted by molar-refractivity contribution is -0.161. The lowest BCUT2D eigenvalue weighted by Gasteiger charge is -2.15. The third-order valence-corrected chi connectivity index (χ3v) is 17.2. The standard InChI is InChI=1S/C85H148O5/c1-3-5-7-9-11-13-15-17-19-21-23-25-27-29-31-33-35-37-39-40-41-42-43-44-46-47-49-51-53-55-57-59-61-63-65-67-69-71-73-75-77-79-84(87)89-82-83(81-86)90-85(88)80-78-76-74-72-70-68-66-64-62-60-58-56-54-52-50-48-45-38-36-34-32-30-28-26-24-22-20-18-16-14-12-10-8-6-4-2/h6,8,12,14-15,17-18,20-21,23-24,26-27,29-30,32,36,38,48,50,83,86H,3-5,7,9-11,13,16,19,22,25,28,31,33-35,37,39-47,49,51-82H2,1-2H3/b8-6-,14-12-,17-15-,20-18-,23-21-,26-24-,29-27-,32-30-,38-36-,50-48-. The van der Waals surface area contributed by atoms with E-state index in [1.165, 1.54) is 263 Å². The first-order valence-corrected chi connectivity index (χ1v) is 39.1. The summed E-state index contributed by atoms with van der Waals surface area (Å²) in [4.78, 5) is 24.7. The zero-order chi connectivity index (χ0) is 64.7. The van der Waals surface area contributed by atoms with E-state index in [9.17, 15) is 14.7 Å². The quantitative estimate of drug-likeness (QED) is 0.0373. The molecular formula is C85H148O5. The van der Waals surface area contributed by atoms with Crippen LogP contribution in [0, 0.1) is 0 Å². The van der Waals surface area contributed by atoms with E-state index in [2.05, 4.69) is 135 Å². The Morgan fingerprint density at radius 3 is 0.722 bits per heavy atom. The SMILES string of the molecule is CC/C=C\C/C=C\C/C=C\C/C=C\C/C=C\C/C=C\C/C=C\CCCCCCCCCCCCCCCC(=O)OC(CO)COC(=O)CCCCCCCCCCCCCCCCCCCCCCCCCCCC/C=C\C/C=C\C/C=C\CCCCCCC. The van der Waals surface area contributed by atoms with Crippen LogP contribution in [0.25, 0.3) is 0 Å². The van der Waals surface area contributed by atoms with Gasteiger partial charge < -0.3 is 14.6 Å². The fraction of sp³-hybridized carbons (Fsp3) is 0.741. The highest BCUT2D eigenvalue weighted by atomic mass is 16.6. The largest absolute Gasteiger partial charge is 0.462 e. The van der Waals surface area contributed by atoms with Crippen molar-refractivity contribution in [3.05, 3.63) is 122 Å². The predicted molar refractivity (Wildman–Crippen MR) is 398 cm³/mol. The molecule has 0 aliphatic rings. The molecule has 90 heavy (non-hydrogen) atoms. The van der Waals surface area contributed by atoms with Crippen LogP contribution in [0.15, 0.2) is 122 Å². The van der Waals surface area contributed by atoms with Gasteiger partial charge in [-0.3, -0.25) is 9.59 Å². The summed E-state index contributed by atoms with van der Waals surface area (Å²) < 4.78 is 10.8. The van der Waals surface area contributed by atoms with Gasteiger partial charge in [0, 0.05) is 12.8 Å². The molecule has 0 aromatic heterocycles. The van der Waals surface area contributed by atoms with Crippen LogP contribution in [0.5, 0.6) is 0 Å². The summed E-state index contributed by atoms with van der Waals surface area (Å²) in [6.07, 6.45) is 117. The number of aliphatic hydroxyl groups is 1. The van der Waals surface area contributed by atoms with E-state index in [1.807, 2.05) is 0 Å². The number of hydrogen-bond donors (Lipinski definition) is 1. The van der Waals surface area contributed by atoms with Crippen LogP contribution in [0.4, 0.5) is 0 Å². The molecule has 0 bridgehead atoms. The van der Waals surface area contributed by atoms with Gasteiger partial charge in [-0.05, 0) is 109 Å². The molecule has 0 aliphatic heterocycles. The number of allylic oxidation sites excluding steroid dienone is 20. The van der Waals surface area contributed by atoms with Crippen LogP contribution in [-0.2, 0) is 19.1 Å². The topological polar surface area (TPSA) is 72.8 Å². The van der Waals surface area contributed by atoms with Crippen molar-refractivity contribution < 1.29 is 24.2 Å². The minimum absolute atomic E-state index is 0.0666. The van der Waals surface area contributed by atoms with Gasteiger partial charge in [0.25, 0.3) is 0 Å². The highest BCUT2D eigenvalue weighted by Crippen LogP contribution is 2.19. The fourth-order valence-corrected chi connectivity index (χ4v) is 11.4. The molecule has 5 heteroatoms. The number of ether oxygens (including phenoxy) is 2. The van der Waals surface area contributed by atoms with Gasteiger partial charge in [0.15, 0.2) is 6.10 Å². The average Bonchev–Trinajstić information content (AvgIpc) is 3.58. The molecule has 0 aromatic carbocycles. The van der Waals surface area contributed by atoms with Crippen molar-refractivity contribution in [3.63, 3.8) is 0 Å². The molecule has 0 radical (unpaired) electrons. The number of esters is 2. The minimum atomic E-state index is -0.779. The van der Waals surface area contributed by atoms with Crippen LogP contribution >= 0.6 is 0 Å². The maximum atomic E-state index is 12.4. The Labute approximate surface area is 560 Å². The summed E-state index contributed by atoms with van der Waals surface area (Å²) in [6, 6.07) is 0. The molecule has 0 amide bonds. The molecule has 0 heterocycles. The van der Waals surface area contributed by atoms with E-state index in [0.717, 1.165) is 96.3 Å². The molecule has 0 fully saturated rings. The van der Waals surface area contributed by atoms with Gasteiger partial charge in [-0.2, -0.15) is 0 Å². The molecule has 1 unspecified atom stereocenters. The number of hydrogen-bond acceptors (Lipinski definition) is 5. The molecule has 518 valence electrons. The van der Waals surface area contributed by atoms with Crippen molar-refractivity contribution >= 4 is 11.9 Å². The number of rotatable bonds is 72. The molecular weight excluding hydrogens is 1100 g/mol. The van der Waals surface area contributed by atoms with E-state index >= 15 is 0 Å². The van der Waals surface area contributed by atoms with Crippen molar-refractivity contribution in [1.29, 1.82) is 0 Å². The molecule has 0 aliphatic carbocycles. The molecule has 1 N–H and O–H groups in total. The van der Waals surface area contributed by atoms with Crippen LogP contribution in [0.3, 0.4) is 0 Å². The second-order valence-corrected chi connectivity index (χ2v) is 26.1. The van der Waals surface area contributed by atoms with Crippen molar-refractivity contribution in [1.82, 2.24) is 0 Å². The summed E-state index contributed by atoms with van der Waals surface area (Å²) in [5, 5.41) is 9.73. The van der Waals surface area contributed by atoms with Gasteiger partial charge >= 0.3 is 11.9 Å². The monoisotopic (exact) mass is 1250 g/mol. The van der Waals surface area contributed by atoms with Crippen LogP contribution in [0.1, 0.15) is 386 Å². The Kier molecular flexibility index (Phi) is 76.3. The zero-order valence-electron chi connectivity index (χ0n) is 59.6. The molecule has 1 atom stereocenters. The Morgan fingerprint density at radius 2 is 0.478 bits per heavy atom. The molecule has 5 nitrogen and oxygen atoms in total. The van der Waals surface area contributed by atoms with Gasteiger partial charge in [-0.15, -0.1) is 0 Å². The second kappa shape index (κ2) is 79.5. The summed E-state index contributed by atoms with van der Waals surface area (Å²) in [5.74, 6) is -0.579. The van der Waals surface area contributed by atoms with Gasteiger partial charge in [0.05, 0.1) is 6.61 Å². The van der Waals surface area contributed by atoms with Crippen LogP contribution in [0.2, 0.25) is 0 Å². The van der Waals surface area contributed by atoms with E-state index in [-0.39, 0.29) is 25.2 Å². The van der Waals surface area contributed by atoms with Gasteiger partial charge in [-0.1, -0.05) is 386 Å². The van der Waals surface area contributed by atoms with E-state index < -0.39 is 6.10 Å². The van der Waals surface area contributed by atoms with E-state index in [1.54, 1.807) is 0 Å². The third kappa shape index (κ3) is 76.8. The maximum Gasteiger partial charge on any atom is 0.306 e. The summed E-state index contributed by atoms with van der Waals surface area (Å²) in [7, 11) is 0. The Morgan fingerprint density at radius 1 is 0.267 bits per heavy atom. The zero-order valence-corrected chi connectivity index (χ0v) is 59.6. The average molecular weight is 1250 g/mol. The predicted octanol–water partition coefficient (Wildman–Crippen LogP) is 27.7. The van der Waals surface area contributed by atoms with Gasteiger partial charge in [0.2, 0.25) is 0 Å². The number of aliphatic hydroxyl groups excluding tert-OH is 1. The van der Waals surface area contributed by atoms with Crippen LogP contribution in [-0.4, -0.2) is 36.4 Å². The number of carbonyl (C=O) groups excluding carboxylic acids is 2. The first-order chi connectivity index (χ1) is 44.6. The molecule has 0 spiro atoms. The highest BCUT2D eigenvalue weighted by Gasteiger charge is 2.16. The lowest BCUT2D eigenvalue weighted by atomic mass is 10.0. The second-order valence-electron chi connectivity index (χ2n) is 26.1. The van der Waals surface area contributed by atoms with E-state index in [4.69, 9.17) is 9.47 Å². The lowest BCUT2D eigenvalue weighted by Crippen LogP contribution is -2.28. The van der Waals surface area contributed by atoms with E-state index in [0.29, 0.717) is 12.8 Å². The molecule has 0 saturated heterocycles. The maximum absolute atomic E-state index is 12.4. The van der Waals surface area contributed by atoms with Crippen molar-refractivity contribution in [2.24, 2.45) is 0 Å². The first kappa shape index (κ1) is 86.3. The molecule has 0 rings (SSSR count). The number of carbonyl (C=O) groups is 2. The number of unbranched alkanes of at least 4 members (excludes halogenated alkanes) is 44. The Balaban J connectivity index is 3.43. The summed E-state index contributed by atoms with van der Waals surface area (Å²) in [6.45, 7) is 4.05. The van der Waals surface area contributed by atoms with Crippen molar-refractivity contribution in [3.8, 4) is 0 Å². The summed E-state index contributed by atoms with van der Waals surface area (Å²) in [5.41, 5.74) is 0. The highest BCUT2D eigenvalue weighted by molar-refractivity contribution is 5.70. The van der Waals surface area contributed by atoms with Crippen LogP contribution < -0.4 is 0 Å². The Bertz CT molecular complexity index is 1750. The minimum Gasteiger partial charge on any atom is -0.462 e. The smallest absolute Gasteiger partial charge is 0.306 e. The van der Waals surface area contributed by atoms with Gasteiger partial charge in [-0.25, -0.2) is 0 Å². The molecule has 0 aromatic rings. The normalized spacial score (nSPS) is 12.9. The molecule has 0 saturated carbocycles. The van der Waals surface area contributed by atoms with Gasteiger partial charge in [0.1, 0.15) is 6.61 Å². The van der Waals surface area contributed by atoms with Crippen molar-refractivity contribution in [2.75, 3.05) is 13.2 Å². The summed E-state index contributed by atoms with van der Waals surface area (Å²) >= 11 is 0. The first-order valence-electron chi connectivity index (χ1n) is 39.1. The third-order valence-electron chi connectivity index (χ3n) is 17.2. The Hall–Kier alpha value is -3.70.